The first kappa shape index (κ1) is 17.8. The van der Waals surface area contributed by atoms with E-state index in [1.54, 1.807) is 32.9 Å². The zero-order chi connectivity index (χ0) is 18.7. The number of nitrogens with zero attached hydrogens (tertiary/aromatic N) is 1. The van der Waals surface area contributed by atoms with Crippen LogP contribution in [0.2, 0.25) is 0 Å². The van der Waals surface area contributed by atoms with Crippen molar-refractivity contribution in [1.82, 2.24) is 10.5 Å². The Balaban J connectivity index is 1.68. The summed E-state index contributed by atoms with van der Waals surface area (Å²) in [4.78, 5) is 12.3. The highest BCUT2D eigenvalue weighted by atomic mass is 16.5. The number of anilines is 1. The molecular weight excluding hydrogens is 334 g/mol. The molecule has 0 spiro atoms. The standard InChI is InChI=1S/C19H21N3O4/c1-12-9-10-15(25-12)19(3,24)11-20-18(23)21-16-13(2)22-26-17(16)14-7-5-4-6-8-14/h4-10,24H,11H2,1-3H3,(H2,20,21,23). The molecule has 0 radical (unpaired) electrons. The highest BCUT2D eigenvalue weighted by molar-refractivity contribution is 5.93. The zero-order valence-corrected chi connectivity index (χ0v) is 14.9. The highest BCUT2D eigenvalue weighted by Gasteiger charge is 2.28. The van der Waals surface area contributed by atoms with Gasteiger partial charge in [-0.05, 0) is 32.9 Å². The molecule has 26 heavy (non-hydrogen) atoms. The average Bonchev–Trinajstić information content (AvgIpc) is 3.21. The first-order valence-electron chi connectivity index (χ1n) is 8.22. The fraction of sp³-hybridized carbons (Fsp3) is 0.263. The third-order valence-corrected chi connectivity index (χ3v) is 4.00. The van der Waals surface area contributed by atoms with Gasteiger partial charge in [0.05, 0.1) is 6.54 Å². The highest BCUT2D eigenvalue weighted by Crippen LogP contribution is 2.30. The van der Waals surface area contributed by atoms with Crippen molar-refractivity contribution in [2.45, 2.75) is 26.4 Å². The maximum atomic E-state index is 12.3. The predicted octanol–water partition coefficient (Wildman–Crippen LogP) is 3.58. The lowest BCUT2D eigenvalue weighted by molar-refractivity contribution is 0.0364. The van der Waals surface area contributed by atoms with Crippen LogP contribution in [0.15, 0.2) is 51.4 Å². The van der Waals surface area contributed by atoms with Gasteiger partial charge in [0.2, 0.25) is 0 Å². The lowest BCUT2D eigenvalue weighted by atomic mass is 10.0. The monoisotopic (exact) mass is 355 g/mol. The SMILES string of the molecule is Cc1ccc(C(C)(O)CNC(=O)Nc2c(C)noc2-c2ccccc2)o1. The molecule has 1 aromatic carbocycles. The molecule has 0 aliphatic carbocycles. The van der Waals surface area contributed by atoms with Crippen molar-refractivity contribution in [2.75, 3.05) is 11.9 Å². The molecule has 7 heteroatoms. The zero-order valence-electron chi connectivity index (χ0n) is 14.9. The van der Waals surface area contributed by atoms with Crippen LogP contribution in [0.4, 0.5) is 10.5 Å². The van der Waals surface area contributed by atoms with E-state index in [0.717, 1.165) is 5.56 Å². The summed E-state index contributed by atoms with van der Waals surface area (Å²) in [5.41, 5.74) is 0.536. The van der Waals surface area contributed by atoms with E-state index in [0.29, 0.717) is 28.7 Å². The van der Waals surface area contributed by atoms with Gasteiger partial charge in [0.25, 0.3) is 0 Å². The van der Waals surface area contributed by atoms with Crippen molar-refractivity contribution in [3.63, 3.8) is 0 Å². The van der Waals surface area contributed by atoms with Crippen molar-refractivity contribution in [1.29, 1.82) is 0 Å². The van der Waals surface area contributed by atoms with Crippen LogP contribution in [0, 0.1) is 13.8 Å². The molecule has 3 N–H and O–H groups in total. The first-order chi connectivity index (χ1) is 12.4. The maximum absolute atomic E-state index is 12.3. The van der Waals surface area contributed by atoms with Crippen molar-refractivity contribution in [3.8, 4) is 11.3 Å². The van der Waals surface area contributed by atoms with E-state index >= 15 is 0 Å². The van der Waals surface area contributed by atoms with E-state index in [-0.39, 0.29) is 6.54 Å². The number of nitrogens with one attached hydrogen (secondary N) is 2. The minimum absolute atomic E-state index is 0.0171. The average molecular weight is 355 g/mol. The molecule has 0 aliphatic heterocycles. The number of amides is 2. The second-order valence-corrected chi connectivity index (χ2v) is 6.33. The van der Waals surface area contributed by atoms with E-state index in [1.807, 2.05) is 30.3 Å². The van der Waals surface area contributed by atoms with Crippen LogP contribution >= 0.6 is 0 Å². The van der Waals surface area contributed by atoms with E-state index in [4.69, 9.17) is 8.94 Å². The Labute approximate surface area is 151 Å². The Bertz CT molecular complexity index is 897. The van der Waals surface area contributed by atoms with Crippen LogP contribution in [-0.2, 0) is 5.60 Å². The number of rotatable bonds is 5. The molecule has 1 atom stereocenters. The van der Waals surface area contributed by atoms with Gasteiger partial charge in [-0.15, -0.1) is 0 Å². The smallest absolute Gasteiger partial charge is 0.319 e. The lowest BCUT2D eigenvalue weighted by Gasteiger charge is -2.21. The van der Waals surface area contributed by atoms with Gasteiger partial charge in [-0.25, -0.2) is 4.79 Å². The molecule has 0 aliphatic rings. The number of hydrogen-bond donors (Lipinski definition) is 3. The van der Waals surface area contributed by atoms with Crippen LogP contribution in [-0.4, -0.2) is 22.8 Å². The van der Waals surface area contributed by atoms with Crippen molar-refractivity contribution in [3.05, 3.63) is 59.7 Å². The Morgan fingerprint density at radius 1 is 1.19 bits per heavy atom. The van der Waals surface area contributed by atoms with Gasteiger partial charge in [-0.1, -0.05) is 35.5 Å². The van der Waals surface area contributed by atoms with Crippen LogP contribution in [0.5, 0.6) is 0 Å². The number of carbonyl (C=O) groups excluding carboxylic acids is 1. The summed E-state index contributed by atoms with van der Waals surface area (Å²) in [7, 11) is 0. The Hall–Kier alpha value is -3.06. The number of aryl methyl sites for hydroxylation is 2. The summed E-state index contributed by atoms with van der Waals surface area (Å²) < 4.78 is 10.8. The van der Waals surface area contributed by atoms with Crippen LogP contribution in [0.1, 0.15) is 24.1 Å². The summed E-state index contributed by atoms with van der Waals surface area (Å²) >= 11 is 0. The predicted molar refractivity (Wildman–Crippen MR) is 96.7 cm³/mol. The molecule has 1 unspecified atom stereocenters. The molecule has 2 aromatic heterocycles. The molecule has 0 saturated carbocycles. The van der Waals surface area contributed by atoms with E-state index in [9.17, 15) is 9.90 Å². The largest absolute Gasteiger partial charge is 0.463 e. The van der Waals surface area contributed by atoms with Crippen molar-refractivity contribution in [2.24, 2.45) is 0 Å². The third kappa shape index (κ3) is 3.78. The molecular formula is C19H21N3O4. The van der Waals surface area contributed by atoms with Gasteiger partial charge in [0.1, 0.15) is 28.5 Å². The van der Waals surface area contributed by atoms with Crippen molar-refractivity contribution < 1.29 is 18.8 Å². The molecule has 0 saturated heterocycles. The summed E-state index contributed by atoms with van der Waals surface area (Å²) in [6, 6.07) is 12.4. The first-order valence-corrected chi connectivity index (χ1v) is 8.22. The quantitative estimate of drug-likeness (QED) is 0.649. The van der Waals surface area contributed by atoms with Crippen LogP contribution in [0.25, 0.3) is 11.3 Å². The molecule has 2 amide bonds. The molecule has 2 heterocycles. The Morgan fingerprint density at radius 3 is 2.58 bits per heavy atom. The van der Waals surface area contributed by atoms with E-state index < -0.39 is 11.6 Å². The van der Waals surface area contributed by atoms with E-state index in [1.165, 1.54) is 0 Å². The number of hydrogen-bond acceptors (Lipinski definition) is 5. The number of furan rings is 1. The Morgan fingerprint density at radius 2 is 1.92 bits per heavy atom. The Kier molecular flexibility index (Phi) is 4.81. The minimum atomic E-state index is -1.32. The third-order valence-electron chi connectivity index (χ3n) is 4.00. The van der Waals surface area contributed by atoms with Gasteiger partial charge in [-0.2, -0.15) is 0 Å². The minimum Gasteiger partial charge on any atom is -0.463 e. The van der Waals surface area contributed by atoms with E-state index in [2.05, 4.69) is 15.8 Å². The van der Waals surface area contributed by atoms with Gasteiger partial charge >= 0.3 is 6.03 Å². The number of aliphatic hydroxyl groups is 1. The molecule has 3 rings (SSSR count). The molecule has 3 aromatic rings. The number of carbonyl (C=O) groups is 1. The number of aromatic nitrogens is 1. The van der Waals surface area contributed by atoms with Crippen LogP contribution in [0.3, 0.4) is 0 Å². The molecule has 0 bridgehead atoms. The summed E-state index contributed by atoms with van der Waals surface area (Å²) in [6.45, 7) is 5.09. The van der Waals surface area contributed by atoms with Gasteiger partial charge < -0.3 is 24.7 Å². The fourth-order valence-corrected chi connectivity index (χ4v) is 2.52. The molecule has 7 nitrogen and oxygen atoms in total. The number of urea groups is 1. The lowest BCUT2D eigenvalue weighted by Crippen LogP contribution is -2.40. The summed E-state index contributed by atoms with van der Waals surface area (Å²) in [5.74, 6) is 1.56. The van der Waals surface area contributed by atoms with Gasteiger partial charge in [-0.3, -0.25) is 0 Å². The van der Waals surface area contributed by atoms with Crippen molar-refractivity contribution >= 4 is 11.7 Å². The van der Waals surface area contributed by atoms with Crippen LogP contribution < -0.4 is 10.6 Å². The fourth-order valence-electron chi connectivity index (χ4n) is 2.52. The molecule has 136 valence electrons. The topological polar surface area (TPSA) is 101 Å². The summed E-state index contributed by atoms with van der Waals surface area (Å²) in [5, 5.41) is 19.8. The second kappa shape index (κ2) is 7.05. The van der Waals surface area contributed by atoms with Gasteiger partial charge in [0.15, 0.2) is 5.76 Å². The maximum Gasteiger partial charge on any atom is 0.319 e. The summed E-state index contributed by atoms with van der Waals surface area (Å²) in [6.07, 6.45) is 0. The number of benzene rings is 1. The van der Waals surface area contributed by atoms with Gasteiger partial charge in [0, 0.05) is 5.56 Å². The normalized spacial score (nSPS) is 13.2. The second-order valence-electron chi connectivity index (χ2n) is 6.33. The molecule has 0 fully saturated rings.